The molecule has 1 heterocycles. The van der Waals surface area contributed by atoms with Crippen molar-refractivity contribution in [3.8, 4) is 5.75 Å². The van der Waals surface area contributed by atoms with Gasteiger partial charge in [-0.1, -0.05) is 0 Å². The molecule has 0 aromatic heterocycles. The Hall–Kier alpha value is -3.07. The van der Waals surface area contributed by atoms with Crippen molar-refractivity contribution in [2.75, 3.05) is 22.0 Å². The molecule has 0 spiro atoms. The van der Waals surface area contributed by atoms with Crippen molar-refractivity contribution < 1.29 is 22.7 Å². The smallest absolute Gasteiger partial charge is 0.261 e. The second kappa shape index (κ2) is 7.28. The van der Waals surface area contributed by atoms with Crippen LogP contribution in [0.2, 0.25) is 0 Å². The lowest BCUT2D eigenvalue weighted by molar-refractivity contribution is -0.128. The van der Waals surface area contributed by atoms with E-state index < -0.39 is 27.8 Å². The molecule has 1 atom stereocenters. The average Bonchev–Trinajstić information content (AvgIpc) is 2.73. The molecule has 2 amide bonds. The van der Waals surface area contributed by atoms with Crippen LogP contribution >= 0.6 is 0 Å². The first kappa shape index (κ1) is 18.7. The van der Waals surface area contributed by atoms with Gasteiger partial charge in [-0.15, -0.1) is 0 Å². The molecule has 1 aliphatic rings. The SMILES string of the molecule is CCOc1ccc(NS(=O)(=O)c2ccc3c(c2)NC(=O)C(C)C(=O)N3)cc1. The van der Waals surface area contributed by atoms with Crippen LogP contribution in [0.1, 0.15) is 13.8 Å². The number of hydrogen-bond acceptors (Lipinski definition) is 5. The van der Waals surface area contributed by atoms with Crippen LogP contribution in [0.25, 0.3) is 0 Å². The summed E-state index contributed by atoms with van der Waals surface area (Å²) in [5.41, 5.74) is 0.948. The predicted octanol–water partition coefficient (Wildman–Crippen LogP) is 2.41. The molecule has 27 heavy (non-hydrogen) atoms. The zero-order valence-electron chi connectivity index (χ0n) is 14.8. The number of rotatable bonds is 5. The average molecular weight is 389 g/mol. The lowest BCUT2D eigenvalue weighted by Gasteiger charge is -2.12. The third-order valence-corrected chi connectivity index (χ3v) is 5.40. The molecule has 3 N–H and O–H groups in total. The number of carbonyl (C=O) groups excluding carboxylic acids is 2. The van der Waals surface area contributed by atoms with Crippen molar-refractivity contribution in [2.24, 2.45) is 5.92 Å². The van der Waals surface area contributed by atoms with Crippen LogP contribution in [0.15, 0.2) is 47.4 Å². The van der Waals surface area contributed by atoms with Crippen molar-refractivity contribution in [3.05, 3.63) is 42.5 Å². The van der Waals surface area contributed by atoms with Gasteiger partial charge < -0.3 is 15.4 Å². The van der Waals surface area contributed by atoms with Gasteiger partial charge in [-0.3, -0.25) is 14.3 Å². The molecule has 0 radical (unpaired) electrons. The second-order valence-electron chi connectivity index (χ2n) is 5.97. The molecule has 2 aromatic carbocycles. The summed E-state index contributed by atoms with van der Waals surface area (Å²) >= 11 is 0. The fraction of sp³-hybridized carbons (Fsp3) is 0.222. The van der Waals surface area contributed by atoms with Gasteiger partial charge in [0.1, 0.15) is 11.7 Å². The monoisotopic (exact) mass is 389 g/mol. The molecule has 0 aliphatic carbocycles. The third kappa shape index (κ3) is 4.03. The Morgan fingerprint density at radius 3 is 2.26 bits per heavy atom. The fourth-order valence-corrected chi connectivity index (χ4v) is 3.59. The Balaban J connectivity index is 1.86. The number of ether oxygens (including phenoxy) is 1. The molecule has 0 bridgehead atoms. The van der Waals surface area contributed by atoms with Gasteiger partial charge in [-0.25, -0.2) is 8.42 Å². The first-order chi connectivity index (χ1) is 12.8. The molecule has 8 nitrogen and oxygen atoms in total. The van der Waals surface area contributed by atoms with Crippen LogP contribution < -0.4 is 20.1 Å². The lowest BCUT2D eigenvalue weighted by atomic mass is 10.1. The van der Waals surface area contributed by atoms with Crippen molar-refractivity contribution in [1.29, 1.82) is 0 Å². The standard InChI is InChI=1S/C18H19N3O5S/c1-3-26-13-6-4-12(5-7-13)21-27(24,25)14-8-9-15-16(10-14)20-18(23)11(2)17(22)19-15/h4-11,21H,3H2,1-2H3,(H,19,22)(H,20,23). The van der Waals surface area contributed by atoms with Gasteiger partial charge in [0, 0.05) is 5.69 Å². The summed E-state index contributed by atoms with van der Waals surface area (Å²) in [7, 11) is -3.88. The van der Waals surface area contributed by atoms with Crippen molar-refractivity contribution in [3.63, 3.8) is 0 Å². The minimum Gasteiger partial charge on any atom is -0.494 e. The Labute approximate surface area is 157 Å². The molecule has 1 unspecified atom stereocenters. The minimum absolute atomic E-state index is 0.0424. The maximum Gasteiger partial charge on any atom is 0.261 e. The van der Waals surface area contributed by atoms with Gasteiger partial charge >= 0.3 is 0 Å². The van der Waals surface area contributed by atoms with E-state index in [0.717, 1.165) is 0 Å². The van der Waals surface area contributed by atoms with E-state index in [2.05, 4.69) is 15.4 Å². The lowest BCUT2D eigenvalue weighted by Crippen LogP contribution is -2.28. The number of hydrogen-bond donors (Lipinski definition) is 3. The van der Waals surface area contributed by atoms with E-state index in [-0.39, 0.29) is 10.6 Å². The molecule has 0 saturated carbocycles. The molecule has 0 fully saturated rings. The van der Waals surface area contributed by atoms with E-state index in [1.807, 2.05) is 6.92 Å². The van der Waals surface area contributed by atoms with Crippen LogP contribution in [-0.4, -0.2) is 26.8 Å². The Morgan fingerprint density at radius 2 is 1.63 bits per heavy atom. The number of anilines is 3. The first-order valence-corrected chi connectivity index (χ1v) is 9.80. The topological polar surface area (TPSA) is 114 Å². The summed E-state index contributed by atoms with van der Waals surface area (Å²) in [6.45, 7) is 3.85. The molecular formula is C18H19N3O5S. The Bertz CT molecular complexity index is 987. The van der Waals surface area contributed by atoms with Crippen LogP contribution in [0.4, 0.5) is 17.1 Å². The largest absolute Gasteiger partial charge is 0.494 e. The van der Waals surface area contributed by atoms with Crippen molar-refractivity contribution >= 4 is 38.9 Å². The summed E-state index contributed by atoms with van der Waals surface area (Å²) < 4.78 is 33.1. The summed E-state index contributed by atoms with van der Waals surface area (Å²) in [4.78, 5) is 23.8. The zero-order valence-corrected chi connectivity index (χ0v) is 15.6. The zero-order chi connectivity index (χ0) is 19.6. The highest BCUT2D eigenvalue weighted by atomic mass is 32.2. The number of sulfonamides is 1. The van der Waals surface area contributed by atoms with Crippen LogP contribution in [-0.2, 0) is 19.6 Å². The molecule has 142 valence electrons. The van der Waals surface area contributed by atoms with Crippen molar-refractivity contribution in [2.45, 2.75) is 18.7 Å². The van der Waals surface area contributed by atoms with E-state index in [1.54, 1.807) is 24.3 Å². The Morgan fingerprint density at radius 1 is 1.00 bits per heavy atom. The molecule has 2 aromatic rings. The molecule has 0 saturated heterocycles. The quantitative estimate of drug-likeness (QED) is 0.680. The van der Waals surface area contributed by atoms with Gasteiger partial charge in [0.05, 0.1) is 22.9 Å². The third-order valence-electron chi connectivity index (χ3n) is 4.02. The molecule has 9 heteroatoms. The Kier molecular flexibility index (Phi) is 5.04. The van der Waals surface area contributed by atoms with Crippen LogP contribution in [0, 0.1) is 5.92 Å². The van der Waals surface area contributed by atoms with Gasteiger partial charge in [0.15, 0.2) is 0 Å². The van der Waals surface area contributed by atoms with Gasteiger partial charge in [0.2, 0.25) is 11.8 Å². The summed E-state index contributed by atoms with van der Waals surface area (Å²) in [5.74, 6) is -1.19. The van der Waals surface area contributed by atoms with Gasteiger partial charge in [0.25, 0.3) is 10.0 Å². The minimum atomic E-state index is -3.88. The number of benzene rings is 2. The number of nitrogens with one attached hydrogen (secondary N) is 3. The van der Waals surface area contributed by atoms with Crippen LogP contribution in [0.3, 0.4) is 0 Å². The maximum atomic E-state index is 12.7. The summed E-state index contributed by atoms with van der Waals surface area (Å²) in [6, 6.07) is 10.6. The van der Waals surface area contributed by atoms with Crippen LogP contribution in [0.5, 0.6) is 5.75 Å². The summed E-state index contributed by atoms with van der Waals surface area (Å²) in [5, 5.41) is 5.17. The second-order valence-corrected chi connectivity index (χ2v) is 7.65. The van der Waals surface area contributed by atoms with Gasteiger partial charge in [-0.05, 0) is 56.3 Å². The van der Waals surface area contributed by atoms with Gasteiger partial charge in [-0.2, -0.15) is 0 Å². The fourth-order valence-electron chi connectivity index (χ4n) is 2.50. The maximum absolute atomic E-state index is 12.7. The number of carbonyl (C=O) groups is 2. The highest BCUT2D eigenvalue weighted by Gasteiger charge is 2.27. The predicted molar refractivity (Wildman–Crippen MR) is 101 cm³/mol. The van der Waals surface area contributed by atoms with E-state index in [9.17, 15) is 18.0 Å². The summed E-state index contributed by atoms with van der Waals surface area (Å²) in [6.07, 6.45) is 0. The molecule has 1 aliphatic heterocycles. The highest BCUT2D eigenvalue weighted by molar-refractivity contribution is 7.92. The number of amides is 2. The first-order valence-electron chi connectivity index (χ1n) is 8.31. The number of fused-ring (bicyclic) bond motifs is 1. The van der Waals surface area contributed by atoms with E-state index in [4.69, 9.17) is 4.74 Å². The van der Waals surface area contributed by atoms with E-state index in [1.165, 1.54) is 25.1 Å². The van der Waals surface area contributed by atoms with Crippen molar-refractivity contribution in [1.82, 2.24) is 0 Å². The molecular weight excluding hydrogens is 370 g/mol. The molecule has 3 rings (SSSR count). The normalized spacial score (nSPS) is 16.6. The van der Waals surface area contributed by atoms with E-state index in [0.29, 0.717) is 23.7 Å². The van der Waals surface area contributed by atoms with E-state index >= 15 is 0 Å². The highest BCUT2D eigenvalue weighted by Crippen LogP contribution is 2.29.